The van der Waals surface area contributed by atoms with Crippen molar-refractivity contribution in [2.24, 2.45) is 0 Å². The van der Waals surface area contributed by atoms with Gasteiger partial charge < -0.3 is 4.74 Å². The van der Waals surface area contributed by atoms with E-state index in [1.54, 1.807) is 6.07 Å². The van der Waals surface area contributed by atoms with Crippen LogP contribution in [-0.2, 0) is 4.74 Å². The zero-order valence-electron chi connectivity index (χ0n) is 8.92. The number of rotatable bonds is 1. The fourth-order valence-electron chi connectivity index (χ4n) is 1.83. The molecule has 0 N–H and O–H groups in total. The molecule has 0 radical (unpaired) electrons. The van der Waals surface area contributed by atoms with Gasteiger partial charge in [0.2, 0.25) is 0 Å². The Labute approximate surface area is 89.6 Å². The minimum Gasteiger partial charge on any atom is -0.381 e. The molecule has 1 aromatic rings. The van der Waals surface area contributed by atoms with E-state index in [0.29, 0.717) is 6.61 Å². The van der Waals surface area contributed by atoms with Gasteiger partial charge in [0, 0.05) is 5.56 Å². The third kappa shape index (κ3) is 2.45. The highest BCUT2D eigenvalue weighted by molar-refractivity contribution is 5.66. The van der Waals surface area contributed by atoms with Crippen molar-refractivity contribution in [1.29, 1.82) is 0 Å². The van der Waals surface area contributed by atoms with Crippen molar-refractivity contribution in [3.63, 3.8) is 0 Å². The Morgan fingerprint density at radius 2 is 2.13 bits per heavy atom. The van der Waals surface area contributed by atoms with E-state index in [2.05, 4.69) is 6.08 Å². The van der Waals surface area contributed by atoms with Crippen LogP contribution < -0.4 is 0 Å². The first kappa shape index (κ1) is 10.4. The van der Waals surface area contributed by atoms with Gasteiger partial charge in [0.25, 0.3) is 0 Å². The number of ether oxygens (including phenoxy) is 1. The van der Waals surface area contributed by atoms with Crippen molar-refractivity contribution in [2.75, 3.05) is 13.2 Å². The van der Waals surface area contributed by atoms with Crippen LogP contribution in [0.1, 0.15) is 24.0 Å². The van der Waals surface area contributed by atoms with Crippen molar-refractivity contribution in [2.45, 2.75) is 19.8 Å². The van der Waals surface area contributed by atoms with E-state index >= 15 is 0 Å². The number of hydrogen-bond acceptors (Lipinski definition) is 1. The Hall–Kier alpha value is -1.15. The Bertz CT molecular complexity index is 382. The normalized spacial score (nSPS) is 17.1. The van der Waals surface area contributed by atoms with Crippen LogP contribution in [0.15, 0.2) is 24.3 Å². The summed E-state index contributed by atoms with van der Waals surface area (Å²) in [5.41, 5.74) is 2.76. The first-order chi connectivity index (χ1) is 7.27. The molecule has 0 aromatic heterocycles. The first-order valence-electron chi connectivity index (χ1n) is 5.30. The van der Waals surface area contributed by atoms with Gasteiger partial charge in [-0.1, -0.05) is 18.2 Å². The molecule has 0 atom stereocenters. The molecule has 80 valence electrons. The van der Waals surface area contributed by atoms with Crippen molar-refractivity contribution in [3.05, 3.63) is 41.2 Å². The van der Waals surface area contributed by atoms with Gasteiger partial charge in [-0.25, -0.2) is 4.39 Å². The molecule has 1 aliphatic rings. The maximum atomic E-state index is 13.7. The molecule has 1 nitrogen and oxygen atoms in total. The van der Waals surface area contributed by atoms with Crippen molar-refractivity contribution in [3.8, 4) is 0 Å². The highest BCUT2D eigenvalue weighted by Crippen LogP contribution is 2.24. The Balaban J connectivity index is 2.31. The largest absolute Gasteiger partial charge is 0.381 e. The molecule has 0 spiro atoms. The first-order valence-corrected chi connectivity index (χ1v) is 5.30. The topological polar surface area (TPSA) is 9.23 Å². The molecule has 0 fully saturated rings. The van der Waals surface area contributed by atoms with Crippen LogP contribution in [-0.4, -0.2) is 13.2 Å². The van der Waals surface area contributed by atoms with Crippen molar-refractivity contribution >= 4 is 5.57 Å². The van der Waals surface area contributed by atoms with Gasteiger partial charge >= 0.3 is 0 Å². The van der Waals surface area contributed by atoms with Crippen LogP contribution >= 0.6 is 0 Å². The molecule has 0 unspecified atom stereocenters. The molecule has 2 heteroatoms. The maximum absolute atomic E-state index is 13.7. The van der Waals surface area contributed by atoms with Crippen molar-refractivity contribution < 1.29 is 9.13 Å². The Morgan fingerprint density at radius 1 is 1.27 bits per heavy atom. The summed E-state index contributed by atoms with van der Waals surface area (Å²) in [7, 11) is 0. The van der Waals surface area contributed by atoms with Gasteiger partial charge in [-0.05, 0) is 37.0 Å². The zero-order chi connectivity index (χ0) is 10.7. The third-order valence-electron chi connectivity index (χ3n) is 2.64. The predicted molar refractivity (Wildman–Crippen MR) is 59.2 cm³/mol. The molecule has 0 bridgehead atoms. The standard InChI is InChI=1S/C13H15FO/c1-10-4-5-12(13(14)9-10)11-3-2-7-15-8-6-11/h3-5,9H,2,6-8H2,1H3. The molecule has 1 aromatic carbocycles. The summed E-state index contributed by atoms with van der Waals surface area (Å²) in [4.78, 5) is 0. The molecule has 2 rings (SSSR count). The summed E-state index contributed by atoms with van der Waals surface area (Å²) in [6, 6.07) is 5.40. The lowest BCUT2D eigenvalue weighted by Gasteiger charge is -2.07. The third-order valence-corrected chi connectivity index (χ3v) is 2.64. The lowest BCUT2D eigenvalue weighted by Crippen LogP contribution is -1.94. The van der Waals surface area contributed by atoms with Gasteiger partial charge in [-0.2, -0.15) is 0 Å². The minimum atomic E-state index is -0.122. The average Bonchev–Trinajstić information content (AvgIpc) is 2.46. The number of benzene rings is 1. The van der Waals surface area contributed by atoms with E-state index in [1.807, 2.05) is 19.1 Å². The maximum Gasteiger partial charge on any atom is 0.130 e. The molecule has 0 aliphatic carbocycles. The fourth-order valence-corrected chi connectivity index (χ4v) is 1.83. The summed E-state index contributed by atoms with van der Waals surface area (Å²) in [5.74, 6) is -0.122. The lowest BCUT2D eigenvalue weighted by atomic mass is 10.0. The Morgan fingerprint density at radius 3 is 2.93 bits per heavy atom. The summed E-state index contributed by atoms with van der Waals surface area (Å²) in [6.07, 6.45) is 3.77. The number of hydrogen-bond donors (Lipinski definition) is 0. The second kappa shape index (κ2) is 4.58. The predicted octanol–water partition coefficient (Wildman–Crippen LogP) is 3.33. The number of aryl methyl sites for hydroxylation is 1. The average molecular weight is 206 g/mol. The summed E-state index contributed by atoms with van der Waals surface area (Å²) in [6.45, 7) is 3.34. The summed E-state index contributed by atoms with van der Waals surface area (Å²) in [5, 5.41) is 0. The van der Waals surface area contributed by atoms with Crippen LogP contribution in [0, 0.1) is 12.7 Å². The molecule has 0 saturated heterocycles. The van der Waals surface area contributed by atoms with E-state index < -0.39 is 0 Å². The van der Waals surface area contributed by atoms with Crippen LogP contribution in [0.2, 0.25) is 0 Å². The smallest absolute Gasteiger partial charge is 0.130 e. The minimum absolute atomic E-state index is 0.122. The molecular formula is C13H15FO. The van der Waals surface area contributed by atoms with E-state index in [4.69, 9.17) is 4.74 Å². The van der Waals surface area contributed by atoms with E-state index in [9.17, 15) is 4.39 Å². The van der Waals surface area contributed by atoms with E-state index in [1.165, 1.54) is 0 Å². The SMILES string of the molecule is Cc1ccc(C2=CCCOCC2)c(F)c1. The fraction of sp³-hybridized carbons (Fsp3) is 0.385. The van der Waals surface area contributed by atoms with Crippen LogP contribution in [0.4, 0.5) is 4.39 Å². The molecule has 0 saturated carbocycles. The molecular weight excluding hydrogens is 191 g/mol. The second-order valence-corrected chi connectivity index (χ2v) is 3.86. The summed E-state index contributed by atoms with van der Waals surface area (Å²) < 4.78 is 19.0. The number of halogens is 1. The van der Waals surface area contributed by atoms with Crippen LogP contribution in [0.3, 0.4) is 0 Å². The van der Waals surface area contributed by atoms with Gasteiger partial charge in [0.15, 0.2) is 0 Å². The van der Waals surface area contributed by atoms with Crippen LogP contribution in [0.25, 0.3) is 5.57 Å². The van der Waals surface area contributed by atoms with Gasteiger partial charge in [0.1, 0.15) is 5.82 Å². The van der Waals surface area contributed by atoms with Gasteiger partial charge in [-0.3, -0.25) is 0 Å². The van der Waals surface area contributed by atoms with Gasteiger partial charge in [-0.15, -0.1) is 0 Å². The van der Waals surface area contributed by atoms with Gasteiger partial charge in [0.05, 0.1) is 13.2 Å². The quantitative estimate of drug-likeness (QED) is 0.684. The van der Waals surface area contributed by atoms with Crippen molar-refractivity contribution in [1.82, 2.24) is 0 Å². The zero-order valence-corrected chi connectivity index (χ0v) is 8.92. The highest BCUT2D eigenvalue weighted by atomic mass is 19.1. The molecule has 1 aliphatic heterocycles. The Kier molecular flexibility index (Phi) is 3.17. The van der Waals surface area contributed by atoms with E-state index in [0.717, 1.165) is 36.1 Å². The van der Waals surface area contributed by atoms with E-state index in [-0.39, 0.29) is 5.82 Å². The monoisotopic (exact) mass is 206 g/mol. The molecule has 1 heterocycles. The van der Waals surface area contributed by atoms with Crippen LogP contribution in [0.5, 0.6) is 0 Å². The molecule has 15 heavy (non-hydrogen) atoms. The highest BCUT2D eigenvalue weighted by Gasteiger charge is 2.09. The lowest BCUT2D eigenvalue weighted by molar-refractivity contribution is 0.148. The molecule has 0 amide bonds. The second-order valence-electron chi connectivity index (χ2n) is 3.86. The summed E-state index contributed by atoms with van der Waals surface area (Å²) >= 11 is 0.